The molecule has 106 valence electrons. The van der Waals surface area contributed by atoms with Crippen LogP contribution in [0.1, 0.15) is 26.3 Å². The lowest BCUT2D eigenvalue weighted by Crippen LogP contribution is -2.21. The number of carbonyl (C=O) groups excluding carboxylic acids is 2. The van der Waals surface area contributed by atoms with Gasteiger partial charge in [0.25, 0.3) is 11.8 Å². The Bertz CT molecular complexity index is 738. The van der Waals surface area contributed by atoms with Crippen LogP contribution < -0.4 is 5.32 Å². The molecule has 0 spiro atoms. The van der Waals surface area contributed by atoms with Gasteiger partial charge in [-0.3, -0.25) is 14.6 Å². The van der Waals surface area contributed by atoms with Gasteiger partial charge in [0.2, 0.25) is 0 Å². The Morgan fingerprint density at radius 2 is 2.10 bits per heavy atom. The summed E-state index contributed by atoms with van der Waals surface area (Å²) >= 11 is 0. The summed E-state index contributed by atoms with van der Waals surface area (Å²) in [5, 5.41) is 2.82. The molecule has 0 atom stereocenters. The van der Waals surface area contributed by atoms with E-state index in [1.165, 1.54) is 11.1 Å². The molecule has 1 aromatic carbocycles. The molecule has 2 amide bonds. The topological polar surface area (TPSA) is 62.3 Å². The second kappa shape index (κ2) is 5.01. The fourth-order valence-electron chi connectivity index (χ4n) is 2.48. The molecule has 5 nitrogen and oxygen atoms in total. The van der Waals surface area contributed by atoms with Gasteiger partial charge in [-0.15, -0.1) is 0 Å². The maximum Gasteiger partial charge on any atom is 0.254 e. The van der Waals surface area contributed by atoms with E-state index < -0.39 is 0 Å². The fraction of sp³-hybridized carbons (Fsp3) is 0.188. The number of nitrogens with one attached hydrogen (secondary N) is 1. The molecule has 0 fully saturated rings. The number of benzene rings is 1. The SMILES string of the molecule is CN(C)C(=O)c1cncc(-c2cccc3c2C(=O)NC3)c1. The van der Waals surface area contributed by atoms with Gasteiger partial charge >= 0.3 is 0 Å². The summed E-state index contributed by atoms with van der Waals surface area (Å²) in [5.41, 5.74) is 3.74. The van der Waals surface area contributed by atoms with E-state index in [9.17, 15) is 9.59 Å². The lowest BCUT2D eigenvalue weighted by molar-refractivity contribution is 0.0827. The molecule has 3 rings (SSSR count). The summed E-state index contributed by atoms with van der Waals surface area (Å²) in [6, 6.07) is 7.50. The van der Waals surface area contributed by atoms with Gasteiger partial charge in [-0.05, 0) is 17.2 Å². The number of pyridine rings is 1. The van der Waals surface area contributed by atoms with E-state index in [1.54, 1.807) is 26.4 Å². The summed E-state index contributed by atoms with van der Waals surface area (Å²) in [5.74, 6) is -0.189. The van der Waals surface area contributed by atoms with E-state index in [4.69, 9.17) is 0 Å². The largest absolute Gasteiger partial charge is 0.348 e. The molecule has 21 heavy (non-hydrogen) atoms. The van der Waals surface area contributed by atoms with Crippen molar-refractivity contribution in [1.82, 2.24) is 15.2 Å². The first-order chi connectivity index (χ1) is 10.1. The summed E-state index contributed by atoms with van der Waals surface area (Å²) in [6.45, 7) is 0.547. The van der Waals surface area contributed by atoms with Crippen molar-refractivity contribution in [2.24, 2.45) is 0 Å². The molecule has 5 heteroatoms. The van der Waals surface area contributed by atoms with Crippen LogP contribution in [-0.2, 0) is 6.54 Å². The summed E-state index contributed by atoms with van der Waals surface area (Å²) in [6.07, 6.45) is 3.21. The van der Waals surface area contributed by atoms with Crippen molar-refractivity contribution in [2.75, 3.05) is 14.1 Å². The van der Waals surface area contributed by atoms with Crippen LogP contribution in [0, 0.1) is 0 Å². The Balaban J connectivity index is 2.11. The third-order valence-electron chi connectivity index (χ3n) is 3.52. The number of nitrogens with zero attached hydrogens (tertiary/aromatic N) is 2. The van der Waals surface area contributed by atoms with E-state index in [1.807, 2.05) is 18.2 Å². The van der Waals surface area contributed by atoms with E-state index in [2.05, 4.69) is 10.3 Å². The van der Waals surface area contributed by atoms with E-state index in [-0.39, 0.29) is 11.8 Å². The monoisotopic (exact) mass is 281 g/mol. The third kappa shape index (κ3) is 2.27. The molecule has 0 aliphatic carbocycles. The second-order valence-electron chi connectivity index (χ2n) is 5.18. The predicted octanol–water partition coefficient (Wildman–Crippen LogP) is 1.69. The van der Waals surface area contributed by atoms with Crippen molar-refractivity contribution in [3.8, 4) is 11.1 Å². The van der Waals surface area contributed by atoms with Crippen LogP contribution in [0.15, 0.2) is 36.7 Å². The Hall–Kier alpha value is -2.69. The van der Waals surface area contributed by atoms with Crippen LogP contribution in [0.2, 0.25) is 0 Å². The van der Waals surface area contributed by atoms with Crippen molar-refractivity contribution in [3.05, 3.63) is 53.3 Å². The van der Waals surface area contributed by atoms with Crippen molar-refractivity contribution in [1.29, 1.82) is 0 Å². The molecule has 2 heterocycles. The molecular formula is C16H15N3O2. The minimum Gasteiger partial charge on any atom is -0.348 e. The smallest absolute Gasteiger partial charge is 0.254 e. The second-order valence-corrected chi connectivity index (χ2v) is 5.18. The maximum absolute atomic E-state index is 12.0. The van der Waals surface area contributed by atoms with Crippen LogP contribution in [0.5, 0.6) is 0 Å². The Labute approximate surface area is 122 Å². The van der Waals surface area contributed by atoms with E-state index in [0.717, 1.165) is 16.7 Å². The third-order valence-corrected chi connectivity index (χ3v) is 3.52. The first kappa shape index (κ1) is 13.3. The normalized spacial score (nSPS) is 12.8. The zero-order chi connectivity index (χ0) is 15.0. The molecule has 2 aromatic rings. The first-order valence-electron chi connectivity index (χ1n) is 6.65. The van der Waals surface area contributed by atoms with Gasteiger partial charge in [-0.25, -0.2) is 0 Å². The molecule has 0 unspecified atom stereocenters. The van der Waals surface area contributed by atoms with Crippen LogP contribution in [0.3, 0.4) is 0 Å². The van der Waals surface area contributed by atoms with E-state index >= 15 is 0 Å². The van der Waals surface area contributed by atoms with Crippen LogP contribution >= 0.6 is 0 Å². The Morgan fingerprint density at radius 1 is 1.29 bits per heavy atom. The van der Waals surface area contributed by atoms with Gasteiger partial charge in [0.15, 0.2) is 0 Å². The fourth-order valence-corrected chi connectivity index (χ4v) is 2.48. The van der Waals surface area contributed by atoms with Gasteiger partial charge in [-0.1, -0.05) is 18.2 Å². The zero-order valence-electron chi connectivity index (χ0n) is 11.9. The van der Waals surface area contributed by atoms with Crippen molar-refractivity contribution >= 4 is 11.8 Å². The molecule has 0 saturated heterocycles. The number of aromatic nitrogens is 1. The quantitative estimate of drug-likeness (QED) is 0.911. The highest BCUT2D eigenvalue weighted by Crippen LogP contribution is 2.29. The molecule has 0 radical (unpaired) electrons. The zero-order valence-corrected chi connectivity index (χ0v) is 11.9. The average Bonchev–Trinajstić information content (AvgIpc) is 2.88. The molecule has 0 saturated carbocycles. The number of carbonyl (C=O) groups is 2. The highest BCUT2D eigenvalue weighted by Gasteiger charge is 2.23. The minimum atomic E-state index is -0.110. The maximum atomic E-state index is 12.0. The molecule has 1 aliphatic rings. The molecule has 1 aliphatic heterocycles. The standard InChI is InChI=1S/C16H15N3O2/c1-19(2)16(21)12-6-11(7-17-8-12)13-5-3-4-10-9-18-15(20)14(10)13/h3-8H,9H2,1-2H3,(H,18,20). The lowest BCUT2D eigenvalue weighted by atomic mass is 9.97. The first-order valence-corrected chi connectivity index (χ1v) is 6.65. The van der Waals surface area contributed by atoms with Gasteiger partial charge in [-0.2, -0.15) is 0 Å². The average molecular weight is 281 g/mol. The Morgan fingerprint density at radius 3 is 2.86 bits per heavy atom. The summed E-state index contributed by atoms with van der Waals surface area (Å²) in [7, 11) is 3.39. The molecular weight excluding hydrogens is 266 g/mol. The number of rotatable bonds is 2. The number of amides is 2. The highest BCUT2D eigenvalue weighted by atomic mass is 16.2. The minimum absolute atomic E-state index is 0.0788. The molecule has 1 aromatic heterocycles. The van der Waals surface area contributed by atoms with Gasteiger partial charge < -0.3 is 10.2 Å². The van der Waals surface area contributed by atoms with Gasteiger partial charge in [0.1, 0.15) is 0 Å². The Kier molecular flexibility index (Phi) is 3.17. The molecule has 0 bridgehead atoms. The summed E-state index contributed by atoms with van der Waals surface area (Å²) in [4.78, 5) is 29.7. The van der Waals surface area contributed by atoms with Crippen molar-refractivity contribution in [3.63, 3.8) is 0 Å². The van der Waals surface area contributed by atoms with Crippen molar-refractivity contribution in [2.45, 2.75) is 6.54 Å². The lowest BCUT2D eigenvalue weighted by Gasteiger charge is -2.11. The van der Waals surface area contributed by atoms with Crippen LogP contribution in [0.25, 0.3) is 11.1 Å². The van der Waals surface area contributed by atoms with Crippen LogP contribution in [-0.4, -0.2) is 35.8 Å². The summed E-state index contributed by atoms with van der Waals surface area (Å²) < 4.78 is 0. The highest BCUT2D eigenvalue weighted by molar-refractivity contribution is 6.05. The molecule has 1 N–H and O–H groups in total. The van der Waals surface area contributed by atoms with E-state index in [0.29, 0.717) is 17.7 Å². The predicted molar refractivity (Wildman–Crippen MR) is 78.9 cm³/mol. The van der Waals surface area contributed by atoms with Gasteiger partial charge in [0, 0.05) is 38.6 Å². The van der Waals surface area contributed by atoms with Gasteiger partial charge in [0.05, 0.1) is 11.1 Å². The van der Waals surface area contributed by atoms with Crippen molar-refractivity contribution < 1.29 is 9.59 Å². The number of hydrogen-bond acceptors (Lipinski definition) is 3. The van der Waals surface area contributed by atoms with Crippen LogP contribution in [0.4, 0.5) is 0 Å². The number of fused-ring (bicyclic) bond motifs is 1. The number of hydrogen-bond donors (Lipinski definition) is 1.